The molecule has 4 nitrogen and oxygen atoms in total. The number of nitrogens with zero attached hydrogens (tertiary/aromatic N) is 2. The molecule has 0 fully saturated rings. The van der Waals surface area contributed by atoms with Gasteiger partial charge in [0.2, 0.25) is 0 Å². The van der Waals surface area contributed by atoms with E-state index in [1.54, 1.807) is 13.1 Å². The van der Waals surface area contributed by atoms with Crippen LogP contribution in [0.4, 0.5) is 0 Å². The maximum Gasteiger partial charge on any atom is 0.142 e. The lowest BCUT2D eigenvalue weighted by Gasteiger charge is -2.06. The number of benzene rings is 1. The first-order valence-corrected chi connectivity index (χ1v) is 5.33. The van der Waals surface area contributed by atoms with Gasteiger partial charge in [0.05, 0.1) is 22.9 Å². The Hall–Kier alpha value is -2.17. The van der Waals surface area contributed by atoms with Gasteiger partial charge in [0.15, 0.2) is 0 Å². The standard InChI is InChI=1S/C12H13BN4/c1-7(15)8(5-14)11-6-16-12-9(13)3-2-4-10(12)17-11/h2-6,15H,13-14H2,1H3/b8-5+,15-7?. The minimum absolute atomic E-state index is 0.383. The second kappa shape index (κ2) is 4.37. The van der Waals surface area contributed by atoms with Gasteiger partial charge in [-0.05, 0) is 13.0 Å². The SMILES string of the molecule is Bc1cccc2nc(/C(=C/N)C(C)=N)cnc12. The first-order chi connectivity index (χ1) is 8.13. The second-order valence-corrected chi connectivity index (χ2v) is 3.90. The normalized spacial score (nSPS) is 11.7. The minimum Gasteiger partial charge on any atom is -0.404 e. The van der Waals surface area contributed by atoms with E-state index in [1.165, 1.54) is 6.20 Å². The number of nitrogens with two attached hydrogens (primary N) is 1. The van der Waals surface area contributed by atoms with Gasteiger partial charge >= 0.3 is 0 Å². The third kappa shape index (κ3) is 2.04. The van der Waals surface area contributed by atoms with Crippen LogP contribution in [0.1, 0.15) is 12.6 Å². The van der Waals surface area contributed by atoms with Gasteiger partial charge in [-0.3, -0.25) is 4.98 Å². The van der Waals surface area contributed by atoms with Gasteiger partial charge in [0, 0.05) is 17.5 Å². The van der Waals surface area contributed by atoms with E-state index in [1.807, 2.05) is 26.0 Å². The summed E-state index contributed by atoms with van der Waals surface area (Å²) in [5.74, 6) is 0. The van der Waals surface area contributed by atoms with Crippen LogP contribution in [-0.2, 0) is 0 Å². The number of aromatic nitrogens is 2. The molecule has 0 bridgehead atoms. The molecule has 0 aliphatic carbocycles. The lowest BCUT2D eigenvalue weighted by Crippen LogP contribution is -2.08. The Labute approximate surface area is 100 Å². The van der Waals surface area contributed by atoms with Crippen LogP contribution in [0.25, 0.3) is 16.6 Å². The van der Waals surface area contributed by atoms with Crippen molar-refractivity contribution in [1.29, 1.82) is 5.41 Å². The summed E-state index contributed by atoms with van der Waals surface area (Å²) in [4.78, 5) is 8.85. The van der Waals surface area contributed by atoms with Crippen molar-refractivity contribution in [2.45, 2.75) is 6.92 Å². The van der Waals surface area contributed by atoms with Crippen LogP contribution in [0.3, 0.4) is 0 Å². The monoisotopic (exact) mass is 224 g/mol. The zero-order valence-corrected chi connectivity index (χ0v) is 9.86. The third-order valence-corrected chi connectivity index (χ3v) is 2.62. The number of allylic oxidation sites excluding steroid dienone is 1. The van der Waals surface area contributed by atoms with E-state index in [0.29, 0.717) is 17.0 Å². The van der Waals surface area contributed by atoms with E-state index in [-0.39, 0.29) is 0 Å². The van der Waals surface area contributed by atoms with Gasteiger partial charge < -0.3 is 11.1 Å². The lowest BCUT2D eigenvalue weighted by atomic mass is 9.94. The quantitative estimate of drug-likeness (QED) is 0.566. The third-order valence-electron chi connectivity index (χ3n) is 2.62. The number of fused-ring (bicyclic) bond motifs is 1. The van der Waals surface area contributed by atoms with E-state index in [4.69, 9.17) is 11.1 Å². The van der Waals surface area contributed by atoms with Crippen molar-refractivity contribution in [2.75, 3.05) is 0 Å². The molecule has 84 valence electrons. The summed E-state index contributed by atoms with van der Waals surface area (Å²) in [6.07, 6.45) is 3.06. The van der Waals surface area contributed by atoms with Crippen LogP contribution in [0, 0.1) is 5.41 Å². The Kier molecular flexibility index (Phi) is 2.91. The predicted molar refractivity (Wildman–Crippen MR) is 73.3 cm³/mol. The van der Waals surface area contributed by atoms with Crippen molar-refractivity contribution in [3.8, 4) is 0 Å². The number of nitrogens with one attached hydrogen (secondary N) is 1. The van der Waals surface area contributed by atoms with E-state index >= 15 is 0 Å². The fourth-order valence-electron chi connectivity index (χ4n) is 1.72. The summed E-state index contributed by atoms with van der Waals surface area (Å²) in [6.45, 7) is 1.68. The fourth-order valence-corrected chi connectivity index (χ4v) is 1.72. The molecule has 2 aromatic rings. The summed E-state index contributed by atoms with van der Waals surface area (Å²) in [6, 6.07) is 5.85. The van der Waals surface area contributed by atoms with E-state index in [9.17, 15) is 0 Å². The summed E-state index contributed by atoms with van der Waals surface area (Å²) >= 11 is 0. The van der Waals surface area contributed by atoms with Gasteiger partial charge in [-0.2, -0.15) is 0 Å². The second-order valence-electron chi connectivity index (χ2n) is 3.90. The highest BCUT2D eigenvalue weighted by Crippen LogP contribution is 2.14. The molecule has 0 atom stereocenters. The molecule has 0 spiro atoms. The average molecular weight is 224 g/mol. The van der Waals surface area contributed by atoms with Crippen molar-refractivity contribution in [3.63, 3.8) is 0 Å². The summed E-state index contributed by atoms with van der Waals surface area (Å²) in [7, 11) is 2.00. The molecule has 1 heterocycles. The molecule has 17 heavy (non-hydrogen) atoms. The van der Waals surface area contributed by atoms with Crippen LogP contribution in [0.2, 0.25) is 0 Å². The number of para-hydroxylation sites is 1. The highest BCUT2D eigenvalue weighted by atomic mass is 14.8. The molecule has 3 N–H and O–H groups in total. The Morgan fingerprint density at radius 1 is 1.47 bits per heavy atom. The molecule has 0 unspecified atom stereocenters. The number of hydrogen-bond donors (Lipinski definition) is 2. The molecule has 0 radical (unpaired) electrons. The first kappa shape index (κ1) is 11.3. The topological polar surface area (TPSA) is 75.7 Å². The van der Waals surface area contributed by atoms with Crippen LogP contribution >= 0.6 is 0 Å². The van der Waals surface area contributed by atoms with Crippen molar-refractivity contribution >= 4 is 35.6 Å². The predicted octanol–water partition coefficient (Wildman–Crippen LogP) is 0.227. The number of rotatable bonds is 2. The van der Waals surface area contributed by atoms with Gasteiger partial charge in [0.25, 0.3) is 0 Å². The molecule has 0 saturated carbocycles. The van der Waals surface area contributed by atoms with Crippen molar-refractivity contribution in [3.05, 3.63) is 36.3 Å². The smallest absolute Gasteiger partial charge is 0.142 e. The molecule has 1 aromatic carbocycles. The van der Waals surface area contributed by atoms with Crippen molar-refractivity contribution < 1.29 is 0 Å². The minimum atomic E-state index is 0.383. The molecular formula is C12H13BN4. The maximum atomic E-state index is 7.62. The molecule has 0 aliphatic rings. The Bertz CT molecular complexity index is 619. The van der Waals surface area contributed by atoms with E-state index in [0.717, 1.165) is 16.5 Å². The maximum absolute atomic E-state index is 7.62. The summed E-state index contributed by atoms with van der Waals surface area (Å²) < 4.78 is 0. The summed E-state index contributed by atoms with van der Waals surface area (Å²) in [5, 5.41) is 7.62. The molecule has 5 heteroatoms. The lowest BCUT2D eigenvalue weighted by molar-refractivity contribution is 1.25. The Morgan fingerprint density at radius 2 is 2.24 bits per heavy atom. The molecule has 1 aromatic heterocycles. The molecule has 2 rings (SSSR count). The van der Waals surface area contributed by atoms with E-state index < -0.39 is 0 Å². The largest absolute Gasteiger partial charge is 0.404 e. The molecular weight excluding hydrogens is 211 g/mol. The summed E-state index contributed by atoms with van der Waals surface area (Å²) in [5.41, 5.74) is 9.94. The van der Waals surface area contributed by atoms with Crippen LogP contribution in [-0.4, -0.2) is 23.5 Å². The Balaban J connectivity index is 2.63. The molecule has 0 saturated heterocycles. The molecule has 0 aliphatic heterocycles. The molecule has 0 amide bonds. The number of hydrogen-bond acceptors (Lipinski definition) is 4. The van der Waals surface area contributed by atoms with Gasteiger partial charge in [-0.1, -0.05) is 17.6 Å². The van der Waals surface area contributed by atoms with Crippen molar-refractivity contribution in [2.24, 2.45) is 5.73 Å². The first-order valence-electron chi connectivity index (χ1n) is 5.33. The Morgan fingerprint density at radius 3 is 2.88 bits per heavy atom. The van der Waals surface area contributed by atoms with Crippen LogP contribution in [0.15, 0.2) is 30.6 Å². The van der Waals surface area contributed by atoms with Gasteiger partial charge in [-0.25, -0.2) is 4.98 Å². The zero-order chi connectivity index (χ0) is 12.4. The van der Waals surface area contributed by atoms with Crippen LogP contribution in [0.5, 0.6) is 0 Å². The van der Waals surface area contributed by atoms with Crippen LogP contribution < -0.4 is 11.2 Å². The zero-order valence-electron chi connectivity index (χ0n) is 9.86. The van der Waals surface area contributed by atoms with Gasteiger partial charge in [0.1, 0.15) is 7.85 Å². The highest BCUT2D eigenvalue weighted by molar-refractivity contribution is 6.38. The van der Waals surface area contributed by atoms with Gasteiger partial charge in [-0.15, -0.1) is 0 Å². The highest BCUT2D eigenvalue weighted by Gasteiger charge is 2.07. The van der Waals surface area contributed by atoms with Crippen molar-refractivity contribution in [1.82, 2.24) is 9.97 Å². The fraction of sp³-hybridized carbons (Fsp3) is 0.0833. The average Bonchev–Trinajstić information content (AvgIpc) is 2.29. The van der Waals surface area contributed by atoms with E-state index in [2.05, 4.69) is 9.97 Å².